The van der Waals surface area contributed by atoms with Crippen molar-refractivity contribution in [3.05, 3.63) is 89.9 Å². The number of benzene rings is 3. The van der Waals surface area contributed by atoms with Crippen LogP contribution in [0.3, 0.4) is 0 Å². The number of ether oxygens (including phenoxy) is 1. The summed E-state index contributed by atoms with van der Waals surface area (Å²) in [7, 11) is 1.46. The number of nitrogens with zero attached hydrogens (tertiary/aromatic N) is 1. The highest BCUT2D eigenvalue weighted by Crippen LogP contribution is 2.38. The third-order valence-corrected chi connectivity index (χ3v) is 5.03. The van der Waals surface area contributed by atoms with Gasteiger partial charge in [0.05, 0.1) is 18.4 Å². The van der Waals surface area contributed by atoms with Crippen LogP contribution < -0.4 is 20.3 Å². The van der Waals surface area contributed by atoms with Crippen LogP contribution >= 0.6 is 0 Å². The second-order valence-electron chi connectivity index (χ2n) is 7.23. The van der Waals surface area contributed by atoms with E-state index >= 15 is 0 Å². The Morgan fingerprint density at radius 3 is 2.18 bits per heavy atom. The normalized spacial score (nSPS) is 13.4. The van der Waals surface area contributed by atoms with Crippen LogP contribution in [0.1, 0.15) is 12.5 Å². The van der Waals surface area contributed by atoms with Crippen LogP contribution in [0.25, 0.3) is 5.57 Å². The first kappa shape index (κ1) is 21.8. The average molecular weight is 445 g/mol. The number of hydrogen-bond acceptors (Lipinski definition) is 5. The molecule has 7 nitrogen and oxygen atoms in total. The first-order valence-corrected chi connectivity index (χ1v) is 10.1. The molecule has 0 aromatic heterocycles. The summed E-state index contributed by atoms with van der Waals surface area (Å²) >= 11 is 0. The number of hydrogen-bond donors (Lipinski definition) is 2. The fraction of sp³-hybridized carbons (Fsp3) is 0.0800. The standard InChI is InChI=1S/C25H20FN3O4/c1-15(30)27-16-11-13-17(14-12-16)28-23-22(18-7-3-6-10-21(18)33-2)24(31)29(25(23)32)20-9-5-4-8-19(20)26/h3-14,28H,1-2H3,(H,27,30). The Morgan fingerprint density at radius 1 is 0.879 bits per heavy atom. The fourth-order valence-electron chi connectivity index (χ4n) is 3.58. The number of imide groups is 1. The molecule has 0 atom stereocenters. The lowest BCUT2D eigenvalue weighted by molar-refractivity contribution is -0.120. The van der Waals surface area contributed by atoms with Crippen LogP contribution in [0, 0.1) is 5.82 Å². The Hall–Kier alpha value is -4.46. The molecule has 2 N–H and O–H groups in total. The van der Waals surface area contributed by atoms with Crippen molar-refractivity contribution in [2.75, 3.05) is 22.6 Å². The molecule has 0 bridgehead atoms. The van der Waals surface area contributed by atoms with Crippen LogP contribution in [0.5, 0.6) is 5.75 Å². The minimum atomic E-state index is -0.697. The van der Waals surface area contributed by atoms with E-state index in [2.05, 4.69) is 10.6 Å². The molecule has 3 amide bonds. The first-order chi connectivity index (χ1) is 15.9. The molecular weight excluding hydrogens is 425 g/mol. The largest absolute Gasteiger partial charge is 0.496 e. The lowest BCUT2D eigenvalue weighted by Crippen LogP contribution is -2.33. The second-order valence-corrected chi connectivity index (χ2v) is 7.23. The van der Waals surface area contributed by atoms with Crippen molar-refractivity contribution in [3.8, 4) is 5.75 Å². The van der Waals surface area contributed by atoms with Crippen LogP contribution in [-0.2, 0) is 14.4 Å². The summed E-state index contributed by atoms with van der Waals surface area (Å²) in [5.41, 5.74) is 1.38. The maximum atomic E-state index is 14.5. The van der Waals surface area contributed by atoms with Crippen molar-refractivity contribution in [2.24, 2.45) is 0 Å². The van der Waals surface area contributed by atoms with Crippen molar-refractivity contribution in [3.63, 3.8) is 0 Å². The Morgan fingerprint density at radius 2 is 1.52 bits per heavy atom. The van der Waals surface area contributed by atoms with Gasteiger partial charge >= 0.3 is 0 Å². The van der Waals surface area contributed by atoms with Gasteiger partial charge in [0.15, 0.2) is 0 Å². The van der Waals surface area contributed by atoms with Crippen LogP contribution in [0.2, 0.25) is 0 Å². The summed E-state index contributed by atoms with van der Waals surface area (Å²) in [6.07, 6.45) is 0. The monoisotopic (exact) mass is 445 g/mol. The minimum Gasteiger partial charge on any atom is -0.496 e. The van der Waals surface area contributed by atoms with Crippen molar-refractivity contribution in [2.45, 2.75) is 6.92 Å². The van der Waals surface area contributed by atoms with Gasteiger partial charge in [-0.25, -0.2) is 9.29 Å². The number of amides is 3. The van der Waals surface area contributed by atoms with Gasteiger partial charge in [0.1, 0.15) is 17.3 Å². The molecule has 0 aliphatic carbocycles. The van der Waals surface area contributed by atoms with Crippen molar-refractivity contribution < 1.29 is 23.5 Å². The maximum Gasteiger partial charge on any atom is 0.282 e. The van der Waals surface area contributed by atoms with Crippen molar-refractivity contribution in [1.29, 1.82) is 0 Å². The highest BCUT2D eigenvalue weighted by Gasteiger charge is 2.42. The molecule has 8 heteroatoms. The average Bonchev–Trinajstić information content (AvgIpc) is 3.04. The van der Waals surface area contributed by atoms with E-state index in [-0.39, 0.29) is 22.9 Å². The molecule has 0 fully saturated rings. The number of halogens is 1. The number of anilines is 3. The zero-order valence-corrected chi connectivity index (χ0v) is 17.9. The third kappa shape index (κ3) is 4.18. The van der Waals surface area contributed by atoms with E-state index < -0.39 is 17.6 Å². The Bertz CT molecular complexity index is 1280. The van der Waals surface area contributed by atoms with E-state index in [0.29, 0.717) is 22.7 Å². The second kappa shape index (κ2) is 8.96. The molecule has 0 unspecified atom stereocenters. The van der Waals surface area contributed by atoms with E-state index in [1.54, 1.807) is 54.6 Å². The van der Waals surface area contributed by atoms with Gasteiger partial charge in [0, 0.05) is 23.9 Å². The summed E-state index contributed by atoms with van der Waals surface area (Å²) in [4.78, 5) is 38.9. The molecule has 3 aromatic rings. The molecule has 3 aromatic carbocycles. The number of methoxy groups -OCH3 is 1. The van der Waals surface area contributed by atoms with Crippen LogP contribution in [-0.4, -0.2) is 24.8 Å². The highest BCUT2D eigenvalue weighted by atomic mass is 19.1. The first-order valence-electron chi connectivity index (χ1n) is 10.1. The van der Waals surface area contributed by atoms with Gasteiger partial charge in [0.25, 0.3) is 11.8 Å². The van der Waals surface area contributed by atoms with Gasteiger partial charge in [-0.15, -0.1) is 0 Å². The molecule has 1 aliphatic rings. The quantitative estimate of drug-likeness (QED) is 0.556. The number of nitrogens with one attached hydrogen (secondary N) is 2. The van der Waals surface area contributed by atoms with E-state index in [1.807, 2.05) is 0 Å². The van der Waals surface area contributed by atoms with Gasteiger partial charge in [0.2, 0.25) is 5.91 Å². The smallest absolute Gasteiger partial charge is 0.282 e. The predicted octanol–water partition coefficient (Wildman–Crippen LogP) is 4.19. The van der Waals surface area contributed by atoms with Crippen LogP contribution in [0.15, 0.2) is 78.5 Å². The molecule has 0 spiro atoms. The zero-order valence-electron chi connectivity index (χ0n) is 17.9. The molecule has 33 heavy (non-hydrogen) atoms. The van der Waals surface area contributed by atoms with E-state index in [1.165, 1.54) is 32.2 Å². The summed E-state index contributed by atoms with van der Waals surface area (Å²) in [5.74, 6) is -1.89. The van der Waals surface area contributed by atoms with Crippen molar-refractivity contribution >= 4 is 40.4 Å². The third-order valence-electron chi connectivity index (χ3n) is 5.03. The molecule has 0 radical (unpaired) electrons. The molecule has 0 saturated carbocycles. The summed E-state index contributed by atoms with van der Waals surface area (Å²) < 4.78 is 19.9. The lowest BCUT2D eigenvalue weighted by Gasteiger charge is -2.16. The fourth-order valence-corrected chi connectivity index (χ4v) is 3.58. The SMILES string of the molecule is COc1ccccc1C1=C(Nc2ccc(NC(C)=O)cc2)C(=O)N(c2ccccc2F)C1=O. The molecule has 4 rings (SSSR count). The Labute approximate surface area is 189 Å². The molecule has 0 saturated heterocycles. The van der Waals surface area contributed by atoms with Crippen molar-refractivity contribution in [1.82, 2.24) is 0 Å². The minimum absolute atomic E-state index is 0.0139. The highest BCUT2D eigenvalue weighted by molar-refractivity contribution is 6.46. The van der Waals surface area contributed by atoms with E-state index in [0.717, 1.165) is 4.90 Å². The van der Waals surface area contributed by atoms with Gasteiger partial charge in [-0.1, -0.05) is 30.3 Å². The predicted molar refractivity (Wildman–Crippen MR) is 123 cm³/mol. The van der Waals surface area contributed by atoms with E-state index in [4.69, 9.17) is 4.74 Å². The molecule has 1 heterocycles. The molecular formula is C25H20FN3O4. The number of carbonyl (C=O) groups is 3. The molecule has 1 aliphatic heterocycles. The summed E-state index contributed by atoms with van der Waals surface area (Å²) in [5, 5.41) is 5.66. The lowest BCUT2D eigenvalue weighted by atomic mass is 10.0. The number of rotatable bonds is 6. The summed E-state index contributed by atoms with van der Waals surface area (Å²) in [6.45, 7) is 1.40. The molecule has 166 valence electrons. The zero-order chi connectivity index (χ0) is 23.5. The van der Waals surface area contributed by atoms with Gasteiger partial charge in [-0.05, 0) is 42.5 Å². The number of para-hydroxylation sites is 2. The Balaban J connectivity index is 1.80. The summed E-state index contributed by atoms with van der Waals surface area (Å²) in [6, 6.07) is 19.0. The van der Waals surface area contributed by atoms with Gasteiger partial charge in [-0.2, -0.15) is 0 Å². The Kier molecular flexibility index (Phi) is 5.91. The van der Waals surface area contributed by atoms with Gasteiger partial charge < -0.3 is 15.4 Å². The van der Waals surface area contributed by atoms with Gasteiger partial charge in [-0.3, -0.25) is 14.4 Å². The topological polar surface area (TPSA) is 87.7 Å². The number of carbonyl (C=O) groups excluding carboxylic acids is 3. The van der Waals surface area contributed by atoms with Crippen LogP contribution in [0.4, 0.5) is 21.5 Å². The maximum absolute atomic E-state index is 14.5. The van der Waals surface area contributed by atoms with E-state index in [9.17, 15) is 18.8 Å².